The number of thiophene rings is 1. The van der Waals surface area contributed by atoms with E-state index in [-0.39, 0.29) is 11.9 Å². The van der Waals surface area contributed by atoms with Crippen molar-refractivity contribution in [1.82, 2.24) is 24.7 Å². The van der Waals surface area contributed by atoms with Gasteiger partial charge in [0.05, 0.1) is 5.69 Å². The molecule has 3 heterocycles. The van der Waals surface area contributed by atoms with Gasteiger partial charge in [-0.3, -0.25) is 9.48 Å². The van der Waals surface area contributed by atoms with Crippen LogP contribution in [0.25, 0.3) is 0 Å². The number of amides is 1. The van der Waals surface area contributed by atoms with E-state index in [1.54, 1.807) is 24.5 Å². The van der Waals surface area contributed by atoms with E-state index >= 15 is 0 Å². The van der Waals surface area contributed by atoms with Crippen LogP contribution in [0.15, 0.2) is 36.0 Å². The van der Waals surface area contributed by atoms with E-state index in [1.165, 1.54) is 0 Å². The lowest BCUT2D eigenvalue weighted by molar-refractivity contribution is 0.0952. The lowest BCUT2D eigenvalue weighted by Gasteiger charge is -2.16. The first kappa shape index (κ1) is 13.9. The predicted molar refractivity (Wildman–Crippen MR) is 81.7 cm³/mol. The Morgan fingerprint density at radius 2 is 2.38 bits per heavy atom. The molecule has 21 heavy (non-hydrogen) atoms. The normalized spacial score (nSPS) is 12.2. The zero-order chi connectivity index (χ0) is 14.7. The maximum atomic E-state index is 12.2. The van der Waals surface area contributed by atoms with E-state index in [0.717, 1.165) is 16.4 Å². The SMILES string of the molecule is Cc1nnsc1C(=O)NCC(c1cccs1)n1cccn1. The number of aromatic nitrogens is 4. The highest BCUT2D eigenvalue weighted by atomic mass is 32.1. The lowest BCUT2D eigenvalue weighted by atomic mass is 10.2. The summed E-state index contributed by atoms with van der Waals surface area (Å²) in [6.45, 7) is 2.25. The molecule has 0 saturated carbocycles. The topological polar surface area (TPSA) is 72.7 Å². The smallest absolute Gasteiger partial charge is 0.265 e. The quantitative estimate of drug-likeness (QED) is 0.782. The van der Waals surface area contributed by atoms with Crippen molar-refractivity contribution < 1.29 is 4.79 Å². The molecule has 0 saturated heterocycles. The highest BCUT2D eigenvalue weighted by Gasteiger charge is 2.18. The van der Waals surface area contributed by atoms with Crippen molar-refractivity contribution in [2.75, 3.05) is 6.54 Å². The maximum absolute atomic E-state index is 12.2. The van der Waals surface area contributed by atoms with Crippen LogP contribution in [-0.4, -0.2) is 31.8 Å². The van der Waals surface area contributed by atoms with Crippen LogP contribution < -0.4 is 5.32 Å². The Morgan fingerprint density at radius 3 is 3.00 bits per heavy atom. The molecule has 1 N–H and O–H groups in total. The molecule has 1 atom stereocenters. The third kappa shape index (κ3) is 3.01. The van der Waals surface area contributed by atoms with Crippen molar-refractivity contribution in [2.24, 2.45) is 0 Å². The molecule has 0 aliphatic rings. The number of nitrogens with one attached hydrogen (secondary N) is 1. The van der Waals surface area contributed by atoms with Crippen LogP contribution in [0.5, 0.6) is 0 Å². The molecular weight excluding hydrogens is 306 g/mol. The van der Waals surface area contributed by atoms with Crippen molar-refractivity contribution in [3.05, 3.63) is 51.4 Å². The molecule has 108 valence electrons. The summed E-state index contributed by atoms with van der Waals surface area (Å²) in [6.07, 6.45) is 3.63. The van der Waals surface area contributed by atoms with Crippen LogP contribution in [0, 0.1) is 6.92 Å². The number of hydrogen-bond donors (Lipinski definition) is 1. The Bertz CT molecular complexity index is 671. The molecule has 0 bridgehead atoms. The van der Waals surface area contributed by atoms with Crippen molar-refractivity contribution in [1.29, 1.82) is 0 Å². The largest absolute Gasteiger partial charge is 0.349 e. The second-order valence-electron chi connectivity index (χ2n) is 4.41. The number of carbonyl (C=O) groups excluding carboxylic acids is 1. The highest BCUT2D eigenvalue weighted by molar-refractivity contribution is 7.10. The van der Waals surface area contributed by atoms with E-state index < -0.39 is 0 Å². The molecule has 3 aromatic rings. The van der Waals surface area contributed by atoms with Gasteiger partial charge in [-0.05, 0) is 36.0 Å². The minimum absolute atomic E-state index is 0.00913. The Hall–Kier alpha value is -2.06. The van der Waals surface area contributed by atoms with Gasteiger partial charge in [-0.2, -0.15) is 5.10 Å². The summed E-state index contributed by atoms with van der Waals surface area (Å²) in [5.41, 5.74) is 0.657. The summed E-state index contributed by atoms with van der Waals surface area (Å²) in [5, 5.41) is 13.1. The number of nitrogens with zero attached hydrogens (tertiary/aromatic N) is 4. The summed E-state index contributed by atoms with van der Waals surface area (Å²) in [4.78, 5) is 13.9. The van der Waals surface area contributed by atoms with Crippen LogP contribution in [0.4, 0.5) is 0 Å². The molecule has 1 unspecified atom stereocenters. The highest BCUT2D eigenvalue weighted by Crippen LogP contribution is 2.22. The average Bonchev–Trinajstić information content (AvgIpc) is 3.21. The Kier molecular flexibility index (Phi) is 4.07. The van der Waals surface area contributed by atoms with E-state index in [0.29, 0.717) is 17.1 Å². The summed E-state index contributed by atoms with van der Waals surface area (Å²) in [5.74, 6) is -0.142. The predicted octanol–water partition coefficient (Wildman–Crippen LogP) is 2.12. The molecule has 3 aromatic heterocycles. The summed E-state index contributed by atoms with van der Waals surface area (Å²) >= 11 is 2.76. The van der Waals surface area contributed by atoms with Crippen molar-refractivity contribution in [2.45, 2.75) is 13.0 Å². The first-order valence-corrected chi connectivity index (χ1v) is 8.00. The van der Waals surface area contributed by atoms with E-state index in [1.807, 2.05) is 34.5 Å². The van der Waals surface area contributed by atoms with Gasteiger partial charge in [-0.15, -0.1) is 16.4 Å². The molecule has 0 radical (unpaired) electrons. The molecule has 0 aliphatic carbocycles. The number of hydrogen-bond acceptors (Lipinski definition) is 6. The monoisotopic (exact) mass is 319 g/mol. The third-order valence-electron chi connectivity index (χ3n) is 3.03. The first-order valence-electron chi connectivity index (χ1n) is 6.35. The van der Waals surface area contributed by atoms with Crippen molar-refractivity contribution >= 4 is 28.8 Å². The van der Waals surface area contributed by atoms with Gasteiger partial charge in [0.1, 0.15) is 10.9 Å². The molecule has 0 fully saturated rings. The molecule has 6 nitrogen and oxygen atoms in total. The van der Waals surface area contributed by atoms with Crippen molar-refractivity contribution in [3.8, 4) is 0 Å². The number of rotatable bonds is 5. The van der Waals surface area contributed by atoms with Crippen LogP contribution >= 0.6 is 22.9 Å². The fourth-order valence-corrected chi connectivity index (χ4v) is 3.37. The molecule has 1 amide bonds. The molecule has 0 spiro atoms. The van der Waals surface area contributed by atoms with Gasteiger partial charge >= 0.3 is 0 Å². The van der Waals surface area contributed by atoms with Crippen LogP contribution in [0.2, 0.25) is 0 Å². The van der Waals surface area contributed by atoms with Crippen molar-refractivity contribution in [3.63, 3.8) is 0 Å². The van der Waals surface area contributed by atoms with E-state index in [2.05, 4.69) is 20.0 Å². The maximum Gasteiger partial charge on any atom is 0.265 e. The van der Waals surface area contributed by atoms with Gasteiger partial charge in [-0.1, -0.05) is 10.6 Å². The van der Waals surface area contributed by atoms with Crippen LogP contribution in [0.1, 0.15) is 26.3 Å². The summed E-state index contributed by atoms with van der Waals surface area (Å²) < 4.78 is 5.64. The van der Waals surface area contributed by atoms with Gasteiger partial charge in [0.25, 0.3) is 5.91 Å². The fourth-order valence-electron chi connectivity index (χ4n) is 1.98. The minimum Gasteiger partial charge on any atom is -0.349 e. The van der Waals surface area contributed by atoms with E-state index in [4.69, 9.17) is 0 Å². The third-order valence-corrected chi connectivity index (χ3v) is 4.83. The average molecular weight is 319 g/mol. The van der Waals surface area contributed by atoms with Crippen LogP contribution in [-0.2, 0) is 0 Å². The van der Waals surface area contributed by atoms with Crippen LogP contribution in [0.3, 0.4) is 0 Å². The number of aryl methyl sites for hydroxylation is 1. The molecule has 8 heteroatoms. The summed E-state index contributed by atoms with van der Waals surface area (Å²) in [6, 6.07) is 5.91. The zero-order valence-corrected chi connectivity index (χ0v) is 12.9. The molecule has 0 aromatic carbocycles. The molecule has 3 rings (SSSR count). The van der Waals surface area contributed by atoms with E-state index in [9.17, 15) is 4.79 Å². The molecule has 0 aliphatic heterocycles. The van der Waals surface area contributed by atoms with Gasteiger partial charge in [-0.25, -0.2) is 0 Å². The Morgan fingerprint density at radius 1 is 1.48 bits per heavy atom. The van der Waals surface area contributed by atoms with Gasteiger partial charge in [0.2, 0.25) is 0 Å². The second-order valence-corrected chi connectivity index (χ2v) is 6.15. The Labute approximate surface area is 129 Å². The summed E-state index contributed by atoms with van der Waals surface area (Å²) in [7, 11) is 0. The van der Waals surface area contributed by atoms with Gasteiger partial charge in [0.15, 0.2) is 0 Å². The lowest BCUT2D eigenvalue weighted by Crippen LogP contribution is -2.31. The first-order chi connectivity index (χ1) is 10.3. The number of carbonyl (C=O) groups is 1. The zero-order valence-electron chi connectivity index (χ0n) is 11.3. The fraction of sp³-hybridized carbons (Fsp3) is 0.231. The van der Waals surface area contributed by atoms with Gasteiger partial charge < -0.3 is 5.32 Å². The Balaban J connectivity index is 1.74. The van der Waals surface area contributed by atoms with Gasteiger partial charge in [0, 0.05) is 23.8 Å². The minimum atomic E-state index is -0.142. The second kappa shape index (κ2) is 6.15. The molecular formula is C13H13N5OS2. The standard InChI is InChI=1S/C13H13N5OS2/c1-9-12(21-17-16-9)13(19)14-8-10(11-4-2-7-20-11)18-6-3-5-15-18/h2-7,10H,8H2,1H3,(H,14,19).